The maximum atomic E-state index is 11.5. The summed E-state index contributed by atoms with van der Waals surface area (Å²) >= 11 is 5.91. The fraction of sp³-hybridized carbons (Fsp3) is 0.136. The van der Waals surface area contributed by atoms with Gasteiger partial charge in [-0.15, -0.1) is 0 Å². The molecule has 3 rings (SSSR count). The number of rotatable bonds is 8. The first-order chi connectivity index (χ1) is 13.9. The van der Waals surface area contributed by atoms with Crippen LogP contribution in [0.1, 0.15) is 12.0 Å². The Morgan fingerprint density at radius 3 is 2.03 bits per heavy atom. The van der Waals surface area contributed by atoms with Gasteiger partial charge in [0.15, 0.2) is 6.10 Å². The van der Waals surface area contributed by atoms with Gasteiger partial charge >= 0.3 is 5.97 Å². The van der Waals surface area contributed by atoms with Gasteiger partial charge < -0.3 is 9.84 Å². The molecule has 3 aromatic carbocycles. The lowest BCUT2D eigenvalue weighted by Crippen LogP contribution is -2.27. The summed E-state index contributed by atoms with van der Waals surface area (Å²) < 4.78 is 5.50. The van der Waals surface area contributed by atoms with Crippen molar-refractivity contribution in [2.75, 3.05) is 0 Å². The summed E-state index contributed by atoms with van der Waals surface area (Å²) in [5.41, 5.74) is 3.00. The number of hydrogen-bond acceptors (Lipinski definition) is 4. The lowest BCUT2D eigenvalue weighted by atomic mass is 10.0. The van der Waals surface area contributed by atoms with E-state index in [1.165, 1.54) is 24.3 Å². The number of non-ortho nitro benzene ring substituents is 1. The van der Waals surface area contributed by atoms with Gasteiger partial charge in [-0.3, -0.25) is 10.1 Å². The number of ether oxygens (including phenoxy) is 1. The lowest BCUT2D eigenvalue weighted by molar-refractivity contribution is -0.384. The zero-order chi connectivity index (χ0) is 20.8. The third kappa shape index (κ3) is 5.56. The van der Waals surface area contributed by atoms with E-state index in [1.807, 2.05) is 48.5 Å². The smallest absolute Gasteiger partial charge is 0.344 e. The van der Waals surface area contributed by atoms with Crippen LogP contribution in [0.4, 0.5) is 5.69 Å². The fourth-order valence-corrected chi connectivity index (χ4v) is 2.97. The summed E-state index contributed by atoms with van der Waals surface area (Å²) in [5, 5.41) is 20.8. The number of nitro benzene ring substituents is 1. The maximum Gasteiger partial charge on any atom is 0.344 e. The van der Waals surface area contributed by atoms with Gasteiger partial charge in [0, 0.05) is 17.2 Å². The Kier molecular flexibility index (Phi) is 6.46. The molecule has 1 atom stereocenters. The lowest BCUT2D eigenvalue weighted by Gasteiger charge is -2.15. The van der Waals surface area contributed by atoms with Gasteiger partial charge in [-0.05, 0) is 53.8 Å². The molecule has 3 aromatic rings. The maximum absolute atomic E-state index is 11.5. The van der Waals surface area contributed by atoms with Gasteiger partial charge in [0.05, 0.1) is 4.92 Å². The summed E-state index contributed by atoms with van der Waals surface area (Å²) in [6.45, 7) is 0. The van der Waals surface area contributed by atoms with E-state index in [9.17, 15) is 20.0 Å². The van der Waals surface area contributed by atoms with Crippen LogP contribution in [0.5, 0.6) is 5.75 Å². The number of carboxylic acids is 1. The van der Waals surface area contributed by atoms with Crippen LogP contribution in [0.3, 0.4) is 0 Å². The van der Waals surface area contributed by atoms with Crippen molar-refractivity contribution in [1.29, 1.82) is 0 Å². The topological polar surface area (TPSA) is 89.7 Å². The predicted octanol–water partition coefficient (Wildman–Crippen LogP) is 5.38. The van der Waals surface area contributed by atoms with Crippen LogP contribution in [0.25, 0.3) is 11.1 Å². The third-order valence-electron chi connectivity index (χ3n) is 4.43. The van der Waals surface area contributed by atoms with E-state index in [0.29, 0.717) is 11.4 Å². The molecule has 0 fully saturated rings. The normalized spacial score (nSPS) is 11.6. The van der Waals surface area contributed by atoms with Crippen LogP contribution in [0, 0.1) is 10.1 Å². The summed E-state index contributed by atoms with van der Waals surface area (Å²) in [7, 11) is 0. The first-order valence-corrected chi connectivity index (χ1v) is 9.29. The van der Waals surface area contributed by atoms with Gasteiger partial charge in [0.25, 0.3) is 5.69 Å². The standard InChI is InChI=1S/C22H18ClNO5/c23-18-8-6-17(7-9-18)16-4-1-15(2-5-16)3-14-21(22(25)26)29-20-12-10-19(11-13-20)24(27)28/h1-2,4-13,21H,3,14H2,(H,25,26). The van der Waals surface area contributed by atoms with E-state index >= 15 is 0 Å². The van der Waals surface area contributed by atoms with Crippen molar-refractivity contribution in [2.24, 2.45) is 0 Å². The average molecular weight is 412 g/mol. The minimum atomic E-state index is -1.08. The number of benzene rings is 3. The van der Waals surface area contributed by atoms with E-state index in [2.05, 4.69) is 0 Å². The number of aliphatic carboxylic acids is 1. The number of nitrogens with zero attached hydrogens (tertiary/aromatic N) is 1. The molecule has 1 unspecified atom stereocenters. The Labute approximate surface area is 172 Å². The molecular weight excluding hydrogens is 394 g/mol. The molecule has 148 valence electrons. The number of nitro groups is 1. The highest BCUT2D eigenvalue weighted by Gasteiger charge is 2.20. The number of aryl methyl sites for hydroxylation is 1. The number of hydrogen-bond donors (Lipinski definition) is 1. The molecule has 0 aliphatic heterocycles. The summed E-state index contributed by atoms with van der Waals surface area (Å²) in [4.78, 5) is 21.7. The van der Waals surface area contributed by atoms with Crippen molar-refractivity contribution in [3.63, 3.8) is 0 Å². The fourth-order valence-electron chi connectivity index (χ4n) is 2.85. The number of carboxylic acid groups (broad SMARTS) is 1. The van der Waals surface area contributed by atoms with Gasteiger partial charge in [0.2, 0.25) is 0 Å². The number of halogens is 1. The Morgan fingerprint density at radius 2 is 1.52 bits per heavy atom. The van der Waals surface area contributed by atoms with E-state index < -0.39 is 17.0 Å². The Hall–Kier alpha value is -3.38. The molecule has 0 aromatic heterocycles. The molecule has 1 N–H and O–H groups in total. The second-order valence-electron chi connectivity index (χ2n) is 6.44. The highest BCUT2D eigenvalue weighted by molar-refractivity contribution is 6.30. The van der Waals surface area contributed by atoms with Gasteiger partial charge in [-0.25, -0.2) is 4.79 Å². The largest absolute Gasteiger partial charge is 0.479 e. The van der Waals surface area contributed by atoms with Crippen LogP contribution in [-0.4, -0.2) is 22.1 Å². The zero-order valence-electron chi connectivity index (χ0n) is 15.3. The second-order valence-corrected chi connectivity index (χ2v) is 6.87. The van der Waals surface area contributed by atoms with Crippen molar-refractivity contribution in [3.05, 3.63) is 93.5 Å². The average Bonchev–Trinajstić information content (AvgIpc) is 2.72. The molecule has 0 heterocycles. The zero-order valence-corrected chi connectivity index (χ0v) is 16.1. The molecule has 0 aliphatic rings. The van der Waals surface area contributed by atoms with Crippen LogP contribution in [0.2, 0.25) is 5.02 Å². The second kappa shape index (κ2) is 9.21. The van der Waals surface area contributed by atoms with Crippen molar-refractivity contribution in [3.8, 4) is 16.9 Å². The Bertz CT molecular complexity index is 985. The number of carbonyl (C=O) groups is 1. The van der Waals surface area contributed by atoms with E-state index in [0.717, 1.165) is 16.7 Å². The SMILES string of the molecule is O=C(O)C(CCc1ccc(-c2ccc(Cl)cc2)cc1)Oc1ccc([N+](=O)[O-])cc1. The minimum Gasteiger partial charge on any atom is -0.479 e. The molecule has 0 saturated carbocycles. The molecule has 29 heavy (non-hydrogen) atoms. The minimum absolute atomic E-state index is 0.0787. The molecule has 0 radical (unpaired) electrons. The quantitative estimate of drug-likeness (QED) is 0.397. The molecular formula is C22H18ClNO5. The van der Waals surface area contributed by atoms with E-state index in [-0.39, 0.29) is 17.9 Å². The Morgan fingerprint density at radius 1 is 0.966 bits per heavy atom. The van der Waals surface area contributed by atoms with E-state index in [1.54, 1.807) is 0 Å². The first-order valence-electron chi connectivity index (χ1n) is 8.91. The molecule has 7 heteroatoms. The Balaban J connectivity index is 1.62. The first kappa shape index (κ1) is 20.4. The summed E-state index contributed by atoms with van der Waals surface area (Å²) in [5.74, 6) is -0.803. The highest BCUT2D eigenvalue weighted by atomic mass is 35.5. The van der Waals surface area contributed by atoms with Gasteiger partial charge in [0.1, 0.15) is 5.75 Å². The van der Waals surface area contributed by atoms with Crippen LogP contribution in [-0.2, 0) is 11.2 Å². The molecule has 0 aliphatic carbocycles. The van der Waals surface area contributed by atoms with Crippen LogP contribution >= 0.6 is 11.6 Å². The monoisotopic (exact) mass is 411 g/mol. The molecule has 0 saturated heterocycles. The van der Waals surface area contributed by atoms with Crippen LogP contribution in [0.15, 0.2) is 72.8 Å². The molecule has 0 amide bonds. The van der Waals surface area contributed by atoms with Crippen molar-refractivity contribution < 1.29 is 19.6 Å². The summed E-state index contributed by atoms with van der Waals surface area (Å²) in [6, 6.07) is 20.8. The summed E-state index contributed by atoms with van der Waals surface area (Å²) in [6.07, 6.45) is -0.260. The van der Waals surface area contributed by atoms with Crippen molar-refractivity contribution >= 4 is 23.3 Å². The van der Waals surface area contributed by atoms with Crippen molar-refractivity contribution in [1.82, 2.24) is 0 Å². The third-order valence-corrected chi connectivity index (χ3v) is 4.68. The molecule has 0 bridgehead atoms. The highest BCUT2D eigenvalue weighted by Crippen LogP contribution is 2.23. The van der Waals surface area contributed by atoms with E-state index in [4.69, 9.17) is 16.3 Å². The van der Waals surface area contributed by atoms with Crippen molar-refractivity contribution in [2.45, 2.75) is 18.9 Å². The van der Waals surface area contributed by atoms with Crippen LogP contribution < -0.4 is 4.74 Å². The molecule has 6 nitrogen and oxygen atoms in total. The molecule has 0 spiro atoms. The van der Waals surface area contributed by atoms with Gasteiger partial charge in [-0.1, -0.05) is 48.0 Å². The predicted molar refractivity (Wildman–Crippen MR) is 110 cm³/mol. The van der Waals surface area contributed by atoms with Gasteiger partial charge in [-0.2, -0.15) is 0 Å².